The van der Waals surface area contributed by atoms with Gasteiger partial charge in [0.2, 0.25) is 0 Å². The second-order valence-electron chi connectivity index (χ2n) is 16.3. The van der Waals surface area contributed by atoms with Gasteiger partial charge in [0.25, 0.3) is 11.8 Å². The summed E-state index contributed by atoms with van der Waals surface area (Å²) in [5, 5.41) is 0. The summed E-state index contributed by atoms with van der Waals surface area (Å²) in [6, 6.07) is 7.53. The molecule has 0 saturated carbocycles. The maximum Gasteiger partial charge on any atom is 0.257 e. The molecule has 288 valence electrons. The van der Waals surface area contributed by atoms with Crippen LogP contribution in [0.25, 0.3) is 0 Å². The Balaban J connectivity index is 0.00000266. The van der Waals surface area contributed by atoms with Gasteiger partial charge in [0, 0.05) is 44.5 Å². The molecule has 2 fully saturated rings. The second kappa shape index (κ2) is 15.9. The number of aliphatic imine (C=N–C) groups is 1. The lowest BCUT2D eigenvalue weighted by atomic mass is 9.78. The Morgan fingerprint density at radius 1 is 0.774 bits per heavy atom. The standard InChI is InChI=1S/C41H54N4O6.C2H6/c1-25-15-28-21-42-31-19-36(34(48-9)17-29(31)38(46)44(28)22-25)51-24-41(6,7)12-11-40(4,5)13-14-50-37-20-33-30(18-35(37)49-10)39(47)45-23-26(2)16-32(45)27(3)43(33)8;1-2/h17-21,27-28,32H,1-2,11-16,22-24H2,3-10H3;1-2H3/t27?,28?,32-;/m0./s1. The van der Waals surface area contributed by atoms with Gasteiger partial charge < -0.3 is 33.6 Å². The van der Waals surface area contributed by atoms with Crippen molar-refractivity contribution in [1.82, 2.24) is 9.80 Å². The maximum atomic E-state index is 13.6. The summed E-state index contributed by atoms with van der Waals surface area (Å²) in [5.74, 6) is 2.25. The number of carbonyl (C=O) groups excluding carboxylic acids is 2. The molecule has 4 heterocycles. The van der Waals surface area contributed by atoms with E-state index in [1.165, 1.54) is 0 Å². The number of nitrogens with zero attached hydrogens (tertiary/aromatic N) is 4. The zero-order valence-corrected chi connectivity index (χ0v) is 33.6. The maximum absolute atomic E-state index is 13.6. The fraction of sp³-hybridized carbons (Fsp3) is 0.558. The van der Waals surface area contributed by atoms with Crippen molar-refractivity contribution < 1.29 is 28.5 Å². The van der Waals surface area contributed by atoms with Crippen LogP contribution in [0.4, 0.5) is 11.4 Å². The van der Waals surface area contributed by atoms with Crippen LogP contribution in [0.1, 0.15) is 101 Å². The fourth-order valence-corrected chi connectivity index (χ4v) is 7.59. The monoisotopic (exact) mass is 728 g/mol. The largest absolute Gasteiger partial charge is 0.493 e. The van der Waals surface area contributed by atoms with Crippen LogP contribution in [-0.2, 0) is 0 Å². The van der Waals surface area contributed by atoms with Crippen LogP contribution >= 0.6 is 0 Å². The molecule has 3 atom stereocenters. The molecule has 6 rings (SSSR count). The van der Waals surface area contributed by atoms with E-state index in [1.54, 1.807) is 20.3 Å². The van der Waals surface area contributed by atoms with Crippen LogP contribution in [0, 0.1) is 10.8 Å². The van der Waals surface area contributed by atoms with E-state index in [0.29, 0.717) is 66.1 Å². The number of carbonyl (C=O) groups is 2. The van der Waals surface area contributed by atoms with Crippen molar-refractivity contribution in [2.45, 2.75) is 98.7 Å². The molecular formula is C43H60N4O6. The number of ether oxygens (including phenoxy) is 4. The van der Waals surface area contributed by atoms with E-state index in [0.717, 1.165) is 48.9 Å². The Labute approximate surface area is 316 Å². The average molecular weight is 729 g/mol. The highest BCUT2D eigenvalue weighted by molar-refractivity contribution is 6.04. The lowest BCUT2D eigenvalue weighted by molar-refractivity contribution is 0.0732. The topological polar surface area (TPSA) is 93.1 Å². The summed E-state index contributed by atoms with van der Waals surface area (Å²) < 4.78 is 24.2. The van der Waals surface area contributed by atoms with E-state index in [2.05, 4.69) is 57.7 Å². The normalized spacial score (nSPS) is 20.9. The van der Waals surface area contributed by atoms with Crippen LogP contribution in [0.2, 0.25) is 0 Å². The second-order valence-corrected chi connectivity index (χ2v) is 16.3. The Morgan fingerprint density at radius 2 is 1.36 bits per heavy atom. The van der Waals surface area contributed by atoms with Gasteiger partial charge >= 0.3 is 0 Å². The van der Waals surface area contributed by atoms with Gasteiger partial charge in [-0.3, -0.25) is 14.6 Å². The molecule has 0 bridgehead atoms. The zero-order chi connectivity index (χ0) is 38.8. The van der Waals surface area contributed by atoms with Crippen LogP contribution in [0.15, 0.2) is 53.6 Å². The van der Waals surface area contributed by atoms with E-state index in [1.807, 2.05) is 55.1 Å². The molecule has 53 heavy (non-hydrogen) atoms. The van der Waals surface area contributed by atoms with Gasteiger partial charge in [-0.25, -0.2) is 0 Å². The molecule has 0 aromatic heterocycles. The number of methoxy groups -OCH3 is 2. The third-order valence-electron chi connectivity index (χ3n) is 11.2. The lowest BCUT2D eigenvalue weighted by Crippen LogP contribution is -2.45. The first-order valence-corrected chi connectivity index (χ1v) is 19.0. The number of hydrogen-bond acceptors (Lipinski definition) is 8. The van der Waals surface area contributed by atoms with Gasteiger partial charge in [0.15, 0.2) is 23.0 Å². The van der Waals surface area contributed by atoms with Crippen molar-refractivity contribution in [1.29, 1.82) is 0 Å². The smallest absolute Gasteiger partial charge is 0.257 e. The van der Waals surface area contributed by atoms with E-state index in [9.17, 15) is 9.59 Å². The summed E-state index contributed by atoms with van der Waals surface area (Å²) in [6.07, 6.45) is 6.13. The Kier molecular flexibility index (Phi) is 11.9. The van der Waals surface area contributed by atoms with Crippen LogP contribution in [0.5, 0.6) is 23.0 Å². The van der Waals surface area contributed by atoms with E-state index in [-0.39, 0.29) is 40.8 Å². The van der Waals surface area contributed by atoms with E-state index >= 15 is 0 Å². The predicted molar refractivity (Wildman–Crippen MR) is 213 cm³/mol. The van der Waals surface area contributed by atoms with Gasteiger partial charge in [-0.15, -0.1) is 0 Å². The molecular weight excluding hydrogens is 668 g/mol. The number of amides is 2. The van der Waals surface area contributed by atoms with Gasteiger partial charge in [-0.05, 0) is 62.0 Å². The molecule has 2 amide bonds. The summed E-state index contributed by atoms with van der Waals surface area (Å²) >= 11 is 0. The number of fused-ring (bicyclic) bond motifs is 4. The molecule has 2 saturated heterocycles. The van der Waals surface area contributed by atoms with Crippen molar-refractivity contribution in [3.8, 4) is 23.0 Å². The molecule has 10 heteroatoms. The third-order valence-corrected chi connectivity index (χ3v) is 11.2. The molecule has 10 nitrogen and oxygen atoms in total. The number of benzene rings is 2. The first-order chi connectivity index (χ1) is 25.1. The van der Waals surface area contributed by atoms with Crippen LogP contribution in [0.3, 0.4) is 0 Å². The zero-order valence-electron chi connectivity index (χ0n) is 33.6. The van der Waals surface area contributed by atoms with Crippen LogP contribution in [-0.4, -0.2) is 93.5 Å². The predicted octanol–water partition coefficient (Wildman–Crippen LogP) is 8.51. The van der Waals surface area contributed by atoms with Gasteiger partial charge in [-0.1, -0.05) is 65.8 Å². The first kappa shape index (κ1) is 39.7. The van der Waals surface area contributed by atoms with E-state index < -0.39 is 0 Å². The lowest BCUT2D eigenvalue weighted by Gasteiger charge is -2.32. The summed E-state index contributed by atoms with van der Waals surface area (Å²) in [7, 11) is 5.25. The highest BCUT2D eigenvalue weighted by Crippen LogP contribution is 2.43. The highest BCUT2D eigenvalue weighted by Gasteiger charge is 2.41. The fourth-order valence-electron chi connectivity index (χ4n) is 7.59. The third kappa shape index (κ3) is 8.36. The minimum absolute atomic E-state index is 0.000121. The van der Waals surface area contributed by atoms with Crippen molar-refractivity contribution >= 4 is 29.4 Å². The van der Waals surface area contributed by atoms with E-state index in [4.69, 9.17) is 18.9 Å². The molecule has 2 aromatic carbocycles. The summed E-state index contributed by atoms with van der Waals surface area (Å²) in [4.78, 5) is 37.6. The highest BCUT2D eigenvalue weighted by atomic mass is 16.5. The summed E-state index contributed by atoms with van der Waals surface area (Å²) in [5.41, 5.74) is 4.60. The molecule has 0 aliphatic carbocycles. The Hall–Kier alpha value is -4.47. The number of rotatable bonds is 12. The molecule has 4 aliphatic heterocycles. The molecule has 0 N–H and O–H groups in total. The number of anilines is 1. The van der Waals surface area contributed by atoms with Gasteiger partial charge in [-0.2, -0.15) is 0 Å². The minimum atomic E-state index is -0.132. The van der Waals surface area contributed by atoms with Crippen molar-refractivity contribution in [2.24, 2.45) is 15.8 Å². The van der Waals surface area contributed by atoms with Crippen LogP contribution < -0.4 is 23.8 Å². The Morgan fingerprint density at radius 3 is 2.04 bits per heavy atom. The first-order valence-electron chi connectivity index (χ1n) is 19.0. The molecule has 0 spiro atoms. The minimum Gasteiger partial charge on any atom is -0.493 e. The number of likely N-dealkylation sites (N-methyl/N-ethyl adjacent to an activating group) is 1. The molecule has 2 unspecified atom stereocenters. The van der Waals surface area contributed by atoms with Gasteiger partial charge in [0.05, 0.1) is 62.0 Å². The molecule has 4 aliphatic rings. The van der Waals surface area contributed by atoms with Crippen molar-refractivity contribution in [3.05, 3.63) is 59.7 Å². The van der Waals surface area contributed by atoms with Gasteiger partial charge in [0.1, 0.15) is 0 Å². The number of hydrogen-bond donors (Lipinski definition) is 0. The molecule has 2 aromatic rings. The quantitative estimate of drug-likeness (QED) is 0.202. The summed E-state index contributed by atoms with van der Waals surface area (Å²) in [6.45, 7) is 25.5. The molecule has 0 radical (unpaired) electrons. The Bertz CT molecular complexity index is 1760. The SMILES string of the molecule is C=C1CC2C=Nc3cc(OCC(C)(C)CCC(C)(C)CCOc4cc5c(cc4OC)C(=O)N4CC(=C)C[C@H]4C(C)N5C)c(OC)cc3C(=O)N2C1.CC. The van der Waals surface area contributed by atoms with Crippen molar-refractivity contribution in [3.63, 3.8) is 0 Å². The average Bonchev–Trinajstić information content (AvgIpc) is 3.68. The van der Waals surface area contributed by atoms with Crippen molar-refractivity contribution in [2.75, 3.05) is 52.5 Å².